The molecule has 1 aliphatic heterocycles. The van der Waals surface area contributed by atoms with E-state index in [1.165, 1.54) is 11.3 Å². The molecule has 3 rings (SSSR count). The number of hydrogen-bond donors (Lipinski definition) is 0. The van der Waals surface area contributed by atoms with Crippen LogP contribution in [0.25, 0.3) is 0 Å². The molecule has 2 aromatic rings. The van der Waals surface area contributed by atoms with Crippen molar-refractivity contribution in [1.82, 2.24) is 4.90 Å². The van der Waals surface area contributed by atoms with Crippen molar-refractivity contribution >= 4 is 11.6 Å². The van der Waals surface area contributed by atoms with Gasteiger partial charge in [-0.25, -0.2) is 0 Å². The lowest BCUT2D eigenvalue weighted by atomic mass is 10.1. The minimum absolute atomic E-state index is 0.221. The molecule has 4 nitrogen and oxygen atoms in total. The number of anilines is 1. The number of methoxy groups -OCH3 is 1. The van der Waals surface area contributed by atoms with Crippen molar-refractivity contribution in [2.45, 2.75) is 13.3 Å². The number of piperazine rings is 1. The lowest BCUT2D eigenvalue weighted by molar-refractivity contribution is -0.130. The molecule has 0 aromatic heterocycles. The molecule has 0 spiro atoms. The summed E-state index contributed by atoms with van der Waals surface area (Å²) in [6.45, 7) is 5.34. The van der Waals surface area contributed by atoms with Crippen LogP contribution < -0.4 is 9.64 Å². The summed E-state index contributed by atoms with van der Waals surface area (Å²) in [6.07, 6.45) is 0.495. The molecule has 0 bridgehead atoms. The number of ether oxygens (including phenoxy) is 1. The predicted octanol–water partition coefficient (Wildman–Crippen LogP) is 2.89. The first-order valence-electron chi connectivity index (χ1n) is 8.38. The number of aryl methyl sites for hydroxylation is 1. The SMILES string of the molecule is COc1ccc(N2CCN(C(=O)Cc3ccccc3C)CC2)cc1. The fourth-order valence-corrected chi connectivity index (χ4v) is 3.09. The Balaban J connectivity index is 1.56. The van der Waals surface area contributed by atoms with Crippen molar-refractivity contribution in [3.8, 4) is 5.75 Å². The van der Waals surface area contributed by atoms with Crippen molar-refractivity contribution in [2.75, 3.05) is 38.2 Å². The van der Waals surface area contributed by atoms with Crippen LogP contribution in [-0.2, 0) is 11.2 Å². The zero-order valence-corrected chi connectivity index (χ0v) is 14.4. The number of amides is 1. The Labute approximate surface area is 143 Å². The molecule has 1 amide bonds. The highest BCUT2D eigenvalue weighted by Gasteiger charge is 2.21. The average molecular weight is 324 g/mol. The zero-order valence-electron chi connectivity index (χ0n) is 14.4. The molecule has 0 radical (unpaired) electrons. The standard InChI is InChI=1S/C20H24N2O2/c1-16-5-3-4-6-17(16)15-20(23)22-13-11-21(12-14-22)18-7-9-19(24-2)10-8-18/h3-10H,11-15H2,1-2H3. The minimum atomic E-state index is 0.221. The van der Waals surface area contributed by atoms with Crippen LogP contribution in [0.3, 0.4) is 0 Å². The van der Waals surface area contributed by atoms with E-state index in [0.717, 1.165) is 37.5 Å². The number of carbonyl (C=O) groups excluding carboxylic acids is 1. The Bertz CT molecular complexity index is 689. The Morgan fingerprint density at radius 3 is 2.29 bits per heavy atom. The first kappa shape index (κ1) is 16.4. The zero-order chi connectivity index (χ0) is 16.9. The molecule has 0 N–H and O–H groups in total. The average Bonchev–Trinajstić information content (AvgIpc) is 2.64. The normalized spacial score (nSPS) is 14.6. The van der Waals surface area contributed by atoms with Gasteiger partial charge in [-0.05, 0) is 42.3 Å². The van der Waals surface area contributed by atoms with Crippen LogP contribution >= 0.6 is 0 Å². The molecule has 1 saturated heterocycles. The highest BCUT2D eigenvalue weighted by Crippen LogP contribution is 2.21. The first-order valence-corrected chi connectivity index (χ1v) is 8.38. The van der Waals surface area contributed by atoms with Crippen molar-refractivity contribution in [2.24, 2.45) is 0 Å². The number of benzene rings is 2. The third-order valence-electron chi connectivity index (χ3n) is 4.67. The molecule has 126 valence electrons. The van der Waals surface area contributed by atoms with Crippen LogP contribution in [0.5, 0.6) is 5.75 Å². The van der Waals surface area contributed by atoms with Gasteiger partial charge in [0.15, 0.2) is 0 Å². The van der Waals surface area contributed by atoms with Crippen LogP contribution in [-0.4, -0.2) is 44.1 Å². The molecule has 24 heavy (non-hydrogen) atoms. The van der Waals surface area contributed by atoms with Crippen LogP contribution in [0, 0.1) is 6.92 Å². The van der Waals surface area contributed by atoms with E-state index in [4.69, 9.17) is 4.74 Å². The highest BCUT2D eigenvalue weighted by atomic mass is 16.5. The van der Waals surface area contributed by atoms with E-state index in [-0.39, 0.29) is 5.91 Å². The van der Waals surface area contributed by atoms with E-state index in [9.17, 15) is 4.79 Å². The van der Waals surface area contributed by atoms with Gasteiger partial charge in [-0.1, -0.05) is 24.3 Å². The van der Waals surface area contributed by atoms with Gasteiger partial charge in [-0.2, -0.15) is 0 Å². The van der Waals surface area contributed by atoms with E-state index in [2.05, 4.69) is 30.0 Å². The summed E-state index contributed by atoms with van der Waals surface area (Å²) in [5.74, 6) is 1.09. The van der Waals surface area contributed by atoms with Crippen molar-refractivity contribution in [1.29, 1.82) is 0 Å². The van der Waals surface area contributed by atoms with Crippen molar-refractivity contribution in [3.63, 3.8) is 0 Å². The maximum atomic E-state index is 12.5. The monoisotopic (exact) mass is 324 g/mol. The summed E-state index contributed by atoms with van der Waals surface area (Å²) in [5.41, 5.74) is 3.49. The van der Waals surface area contributed by atoms with Gasteiger partial charge in [0.25, 0.3) is 0 Å². The number of rotatable bonds is 4. The topological polar surface area (TPSA) is 32.8 Å². The van der Waals surface area contributed by atoms with Crippen molar-refractivity contribution in [3.05, 3.63) is 59.7 Å². The van der Waals surface area contributed by atoms with Gasteiger partial charge < -0.3 is 14.5 Å². The van der Waals surface area contributed by atoms with Crippen LogP contribution in [0.15, 0.2) is 48.5 Å². The summed E-state index contributed by atoms with van der Waals surface area (Å²) < 4.78 is 5.20. The maximum Gasteiger partial charge on any atom is 0.227 e. The van der Waals surface area contributed by atoms with Gasteiger partial charge in [-0.3, -0.25) is 4.79 Å². The third kappa shape index (κ3) is 3.70. The van der Waals surface area contributed by atoms with Crippen molar-refractivity contribution < 1.29 is 9.53 Å². The molecular weight excluding hydrogens is 300 g/mol. The van der Waals surface area contributed by atoms with Gasteiger partial charge in [-0.15, -0.1) is 0 Å². The van der Waals surface area contributed by atoms with E-state index < -0.39 is 0 Å². The van der Waals surface area contributed by atoms with E-state index in [1.54, 1.807) is 7.11 Å². The molecule has 0 atom stereocenters. The lowest BCUT2D eigenvalue weighted by Crippen LogP contribution is -2.49. The Morgan fingerprint density at radius 1 is 1.00 bits per heavy atom. The fraction of sp³-hybridized carbons (Fsp3) is 0.350. The minimum Gasteiger partial charge on any atom is -0.497 e. The molecular formula is C20H24N2O2. The fourth-order valence-electron chi connectivity index (χ4n) is 3.09. The second-order valence-electron chi connectivity index (χ2n) is 6.17. The number of carbonyl (C=O) groups is 1. The van der Waals surface area contributed by atoms with E-state index in [1.807, 2.05) is 35.2 Å². The number of nitrogens with zero attached hydrogens (tertiary/aromatic N) is 2. The molecule has 0 aliphatic carbocycles. The molecule has 1 fully saturated rings. The highest BCUT2D eigenvalue weighted by molar-refractivity contribution is 5.79. The Hall–Kier alpha value is -2.49. The Kier molecular flexibility index (Phi) is 5.04. The van der Waals surface area contributed by atoms with Gasteiger partial charge >= 0.3 is 0 Å². The third-order valence-corrected chi connectivity index (χ3v) is 4.67. The molecule has 1 aliphatic rings. The first-order chi connectivity index (χ1) is 11.7. The largest absolute Gasteiger partial charge is 0.497 e. The second kappa shape index (κ2) is 7.39. The second-order valence-corrected chi connectivity index (χ2v) is 6.17. The van der Waals surface area contributed by atoms with Gasteiger partial charge in [0.2, 0.25) is 5.91 Å². The van der Waals surface area contributed by atoms with Crippen LogP contribution in [0.2, 0.25) is 0 Å². The van der Waals surface area contributed by atoms with Crippen LogP contribution in [0.4, 0.5) is 5.69 Å². The summed E-state index contributed by atoms with van der Waals surface area (Å²) >= 11 is 0. The van der Waals surface area contributed by atoms with Crippen LogP contribution in [0.1, 0.15) is 11.1 Å². The summed E-state index contributed by atoms with van der Waals surface area (Å²) in [4.78, 5) is 16.8. The molecule has 1 heterocycles. The van der Waals surface area contributed by atoms with Gasteiger partial charge in [0.05, 0.1) is 13.5 Å². The Morgan fingerprint density at radius 2 is 1.67 bits per heavy atom. The molecule has 4 heteroatoms. The molecule has 2 aromatic carbocycles. The number of hydrogen-bond acceptors (Lipinski definition) is 3. The summed E-state index contributed by atoms with van der Waals surface area (Å²) in [7, 11) is 1.67. The lowest BCUT2D eigenvalue weighted by Gasteiger charge is -2.36. The maximum absolute atomic E-state index is 12.5. The van der Waals surface area contributed by atoms with Gasteiger partial charge in [0, 0.05) is 31.9 Å². The summed E-state index contributed by atoms with van der Waals surface area (Å²) in [6, 6.07) is 16.2. The quantitative estimate of drug-likeness (QED) is 0.867. The van der Waals surface area contributed by atoms with Gasteiger partial charge in [0.1, 0.15) is 5.75 Å². The molecule has 0 saturated carbocycles. The summed E-state index contributed by atoms with van der Waals surface area (Å²) in [5, 5.41) is 0. The smallest absolute Gasteiger partial charge is 0.227 e. The van der Waals surface area contributed by atoms with E-state index in [0.29, 0.717) is 6.42 Å². The molecule has 0 unspecified atom stereocenters. The van der Waals surface area contributed by atoms with E-state index >= 15 is 0 Å². The predicted molar refractivity (Wildman–Crippen MR) is 96.7 cm³/mol.